The van der Waals surface area contributed by atoms with E-state index in [-0.39, 0.29) is 6.04 Å². The van der Waals surface area contributed by atoms with Crippen LogP contribution in [0.2, 0.25) is 0 Å². The van der Waals surface area contributed by atoms with Gasteiger partial charge in [-0.25, -0.2) is 0 Å². The molecule has 0 aromatic heterocycles. The first-order chi connectivity index (χ1) is 9.47. The summed E-state index contributed by atoms with van der Waals surface area (Å²) in [5, 5.41) is 0. The maximum atomic E-state index is 11.1. The number of primary amides is 1. The number of rotatable bonds is 8. The Morgan fingerprint density at radius 1 is 1.30 bits per heavy atom. The highest BCUT2D eigenvalue weighted by atomic mass is 16.5. The molecule has 0 heterocycles. The Bertz CT molecular complexity index is 449. The van der Waals surface area contributed by atoms with Gasteiger partial charge in [0.05, 0.1) is 6.61 Å². The Hall–Kier alpha value is -1.75. The van der Waals surface area contributed by atoms with Crippen molar-refractivity contribution in [3.8, 4) is 11.5 Å². The van der Waals surface area contributed by atoms with Crippen molar-refractivity contribution in [2.45, 2.75) is 45.8 Å². The van der Waals surface area contributed by atoms with E-state index >= 15 is 0 Å². The van der Waals surface area contributed by atoms with Crippen LogP contribution in [-0.2, 0) is 11.2 Å². The monoisotopic (exact) mass is 280 g/mol. The molecule has 5 heteroatoms. The van der Waals surface area contributed by atoms with Crippen molar-refractivity contribution in [2.24, 2.45) is 11.5 Å². The summed E-state index contributed by atoms with van der Waals surface area (Å²) in [6, 6.07) is 5.76. The first-order valence-corrected chi connectivity index (χ1v) is 6.95. The molecule has 0 aliphatic rings. The zero-order chi connectivity index (χ0) is 15.1. The van der Waals surface area contributed by atoms with Gasteiger partial charge in [0.2, 0.25) is 0 Å². The van der Waals surface area contributed by atoms with Gasteiger partial charge in [0, 0.05) is 6.04 Å². The van der Waals surface area contributed by atoms with Crippen molar-refractivity contribution in [3.63, 3.8) is 0 Å². The third kappa shape index (κ3) is 4.74. The lowest BCUT2D eigenvalue weighted by Crippen LogP contribution is -2.30. The minimum Gasteiger partial charge on any atom is -0.490 e. The smallest absolute Gasteiger partial charge is 0.258 e. The maximum Gasteiger partial charge on any atom is 0.258 e. The number of hydrogen-bond acceptors (Lipinski definition) is 4. The molecule has 0 radical (unpaired) electrons. The molecule has 2 atom stereocenters. The molecule has 0 aliphatic carbocycles. The lowest BCUT2D eigenvalue weighted by molar-refractivity contribution is -0.124. The van der Waals surface area contributed by atoms with Gasteiger partial charge in [-0.15, -0.1) is 0 Å². The normalized spacial score (nSPS) is 13.6. The van der Waals surface area contributed by atoms with E-state index in [4.69, 9.17) is 20.9 Å². The molecule has 0 bridgehead atoms. The number of hydrogen-bond donors (Lipinski definition) is 2. The van der Waals surface area contributed by atoms with Crippen LogP contribution in [0.3, 0.4) is 0 Å². The molecular weight excluding hydrogens is 256 g/mol. The largest absolute Gasteiger partial charge is 0.490 e. The summed E-state index contributed by atoms with van der Waals surface area (Å²) in [6.45, 7) is 6.08. The predicted octanol–water partition coefficient (Wildman–Crippen LogP) is 1.62. The van der Waals surface area contributed by atoms with Gasteiger partial charge in [0.25, 0.3) is 5.91 Å². The number of amides is 1. The van der Waals surface area contributed by atoms with Crippen molar-refractivity contribution < 1.29 is 14.3 Å². The molecule has 2 unspecified atom stereocenters. The first kappa shape index (κ1) is 16.3. The second-order valence-electron chi connectivity index (χ2n) is 4.75. The van der Waals surface area contributed by atoms with Gasteiger partial charge < -0.3 is 20.9 Å². The van der Waals surface area contributed by atoms with Crippen molar-refractivity contribution >= 4 is 5.91 Å². The molecule has 0 saturated carbocycles. The van der Waals surface area contributed by atoms with Crippen LogP contribution in [-0.4, -0.2) is 24.7 Å². The molecule has 1 amide bonds. The fraction of sp³-hybridized carbons (Fsp3) is 0.533. The van der Waals surface area contributed by atoms with E-state index in [9.17, 15) is 4.79 Å². The van der Waals surface area contributed by atoms with Crippen LogP contribution >= 0.6 is 0 Å². The highest BCUT2D eigenvalue weighted by molar-refractivity contribution is 5.78. The van der Waals surface area contributed by atoms with E-state index in [1.165, 1.54) is 0 Å². The lowest BCUT2D eigenvalue weighted by atomic mass is 10.0. The fourth-order valence-corrected chi connectivity index (χ4v) is 1.74. The van der Waals surface area contributed by atoms with E-state index in [2.05, 4.69) is 6.92 Å². The molecule has 1 rings (SSSR count). The summed E-state index contributed by atoms with van der Waals surface area (Å²) < 4.78 is 11.1. The molecule has 4 N–H and O–H groups in total. The molecule has 0 saturated heterocycles. The third-order valence-corrected chi connectivity index (χ3v) is 3.03. The predicted molar refractivity (Wildman–Crippen MR) is 78.9 cm³/mol. The molecule has 1 aromatic carbocycles. The fourth-order valence-electron chi connectivity index (χ4n) is 1.74. The van der Waals surface area contributed by atoms with Gasteiger partial charge in [0.1, 0.15) is 0 Å². The van der Waals surface area contributed by atoms with Gasteiger partial charge >= 0.3 is 0 Å². The Morgan fingerprint density at radius 3 is 2.55 bits per heavy atom. The second-order valence-corrected chi connectivity index (χ2v) is 4.75. The molecule has 1 aromatic rings. The van der Waals surface area contributed by atoms with Crippen LogP contribution in [0.25, 0.3) is 0 Å². The maximum absolute atomic E-state index is 11.1. The van der Waals surface area contributed by atoms with E-state index in [1.807, 2.05) is 19.1 Å². The highest BCUT2D eigenvalue weighted by Gasteiger charge is 2.14. The second kappa shape index (κ2) is 7.75. The third-order valence-electron chi connectivity index (χ3n) is 3.03. The zero-order valence-corrected chi connectivity index (χ0v) is 12.4. The summed E-state index contributed by atoms with van der Waals surface area (Å²) in [4.78, 5) is 11.1. The topological polar surface area (TPSA) is 87.6 Å². The molecule has 112 valence electrons. The van der Waals surface area contributed by atoms with Crippen molar-refractivity contribution in [1.82, 2.24) is 0 Å². The van der Waals surface area contributed by atoms with E-state index < -0.39 is 12.0 Å². The quantitative estimate of drug-likeness (QED) is 0.757. The summed E-state index contributed by atoms with van der Waals surface area (Å²) in [5.74, 6) is 0.623. The average Bonchev–Trinajstić information content (AvgIpc) is 2.41. The molecule has 0 aliphatic heterocycles. The van der Waals surface area contributed by atoms with Crippen LogP contribution in [0, 0.1) is 0 Å². The molecule has 20 heavy (non-hydrogen) atoms. The summed E-state index contributed by atoms with van der Waals surface area (Å²) >= 11 is 0. The van der Waals surface area contributed by atoms with Crippen LogP contribution in [0.5, 0.6) is 11.5 Å². The van der Waals surface area contributed by atoms with Gasteiger partial charge in [-0.2, -0.15) is 0 Å². The Labute approximate surface area is 120 Å². The van der Waals surface area contributed by atoms with Gasteiger partial charge in [-0.3, -0.25) is 4.79 Å². The highest BCUT2D eigenvalue weighted by Crippen LogP contribution is 2.29. The first-order valence-electron chi connectivity index (χ1n) is 6.95. The summed E-state index contributed by atoms with van der Waals surface area (Å²) in [6.07, 6.45) is 1.00. The van der Waals surface area contributed by atoms with Gasteiger partial charge in [0.15, 0.2) is 17.6 Å². The van der Waals surface area contributed by atoms with Gasteiger partial charge in [-0.05, 0) is 44.4 Å². The van der Waals surface area contributed by atoms with Crippen LogP contribution in [0.4, 0.5) is 0 Å². The van der Waals surface area contributed by atoms with E-state index in [1.54, 1.807) is 13.0 Å². The van der Waals surface area contributed by atoms with Crippen LogP contribution in [0.15, 0.2) is 18.2 Å². The lowest BCUT2D eigenvalue weighted by Gasteiger charge is -2.17. The van der Waals surface area contributed by atoms with Crippen molar-refractivity contribution in [2.75, 3.05) is 6.61 Å². The molecule has 5 nitrogen and oxygen atoms in total. The number of benzene rings is 1. The number of ether oxygens (including phenoxy) is 2. The van der Waals surface area contributed by atoms with Crippen molar-refractivity contribution in [1.29, 1.82) is 0 Å². The minimum atomic E-state index is -0.696. The summed E-state index contributed by atoms with van der Waals surface area (Å²) in [5.41, 5.74) is 12.2. The standard InChI is InChI=1S/C15H24N2O3/c1-4-12(16)8-11-6-7-13(14(9-11)19-5-2)20-10(3)15(17)18/h6-7,9-10,12H,4-5,8,16H2,1-3H3,(H2,17,18). The Morgan fingerprint density at radius 2 is 2.00 bits per heavy atom. The Kier molecular flexibility index (Phi) is 6.31. The zero-order valence-electron chi connectivity index (χ0n) is 12.4. The average molecular weight is 280 g/mol. The van der Waals surface area contributed by atoms with E-state index in [0.717, 1.165) is 18.4 Å². The summed E-state index contributed by atoms with van der Waals surface area (Å²) in [7, 11) is 0. The Balaban J connectivity index is 2.92. The van der Waals surface area contributed by atoms with Crippen LogP contribution < -0.4 is 20.9 Å². The van der Waals surface area contributed by atoms with Crippen molar-refractivity contribution in [3.05, 3.63) is 23.8 Å². The molecule has 0 fully saturated rings. The SMILES string of the molecule is CCOc1cc(CC(N)CC)ccc1OC(C)C(N)=O. The number of nitrogens with two attached hydrogens (primary N) is 2. The minimum absolute atomic E-state index is 0.126. The number of carbonyl (C=O) groups excluding carboxylic acids is 1. The molecule has 0 spiro atoms. The van der Waals surface area contributed by atoms with E-state index in [0.29, 0.717) is 18.1 Å². The number of carbonyl (C=O) groups is 1. The molecular formula is C15H24N2O3. The van der Waals surface area contributed by atoms with Crippen LogP contribution in [0.1, 0.15) is 32.8 Å². The van der Waals surface area contributed by atoms with Gasteiger partial charge in [-0.1, -0.05) is 13.0 Å².